The number of carboxylic acids is 1. The van der Waals surface area contributed by atoms with E-state index in [1.807, 2.05) is 7.05 Å². The van der Waals surface area contributed by atoms with Crippen LogP contribution in [0.4, 0.5) is 0 Å². The zero-order valence-corrected chi connectivity index (χ0v) is 10.5. The molecule has 0 bridgehead atoms. The van der Waals surface area contributed by atoms with Gasteiger partial charge in [0.25, 0.3) is 0 Å². The van der Waals surface area contributed by atoms with E-state index < -0.39 is 5.97 Å². The fourth-order valence-corrected chi connectivity index (χ4v) is 1.69. The molecule has 0 saturated heterocycles. The molecule has 0 saturated carbocycles. The summed E-state index contributed by atoms with van der Waals surface area (Å²) in [5.74, 6) is -0.366. The maximum absolute atomic E-state index is 10.8. The lowest BCUT2D eigenvalue weighted by molar-refractivity contribution is 0.0696. The fraction of sp³-hybridized carbons (Fsp3) is 0.0833. The van der Waals surface area contributed by atoms with Gasteiger partial charge in [-0.15, -0.1) is 5.10 Å². The first kappa shape index (κ1) is 12.0. The molecule has 0 aliphatic rings. The van der Waals surface area contributed by atoms with Gasteiger partial charge in [0.05, 0.1) is 17.5 Å². The van der Waals surface area contributed by atoms with Crippen LogP contribution in [-0.2, 0) is 7.05 Å². The Morgan fingerprint density at radius 1 is 1.25 bits per heavy atom. The third kappa shape index (κ3) is 2.14. The summed E-state index contributed by atoms with van der Waals surface area (Å²) in [5, 5.41) is 21.0. The molecule has 0 aliphatic carbocycles. The Bertz CT molecular complexity index is 758. The van der Waals surface area contributed by atoms with Crippen molar-refractivity contribution >= 4 is 5.97 Å². The quantitative estimate of drug-likeness (QED) is 0.754. The topological polar surface area (TPSA) is 98.7 Å². The first-order valence-electron chi connectivity index (χ1n) is 5.75. The molecule has 0 unspecified atom stereocenters. The lowest BCUT2D eigenvalue weighted by Gasteiger charge is -1.96. The zero-order chi connectivity index (χ0) is 14.1. The third-order valence-corrected chi connectivity index (χ3v) is 2.70. The second-order valence-electron chi connectivity index (χ2n) is 4.13. The van der Waals surface area contributed by atoms with Crippen LogP contribution < -0.4 is 0 Å². The summed E-state index contributed by atoms with van der Waals surface area (Å²) in [4.78, 5) is 14.8. The van der Waals surface area contributed by atoms with Gasteiger partial charge in [0.2, 0.25) is 0 Å². The van der Waals surface area contributed by atoms with E-state index in [0.717, 1.165) is 0 Å². The van der Waals surface area contributed by atoms with Crippen molar-refractivity contribution in [1.29, 1.82) is 0 Å². The summed E-state index contributed by atoms with van der Waals surface area (Å²) >= 11 is 0. The molecule has 3 aromatic heterocycles. The van der Waals surface area contributed by atoms with Gasteiger partial charge in [-0.2, -0.15) is 9.78 Å². The highest BCUT2D eigenvalue weighted by Crippen LogP contribution is 2.15. The second kappa shape index (κ2) is 4.57. The van der Waals surface area contributed by atoms with Gasteiger partial charge in [0.1, 0.15) is 5.69 Å². The van der Waals surface area contributed by atoms with Crippen molar-refractivity contribution in [3.05, 3.63) is 42.4 Å². The number of nitrogens with zero attached hydrogens (tertiary/aromatic N) is 6. The number of carboxylic acid groups (broad SMARTS) is 1. The van der Waals surface area contributed by atoms with Gasteiger partial charge in [-0.3, -0.25) is 9.67 Å². The Hall–Kier alpha value is -3.03. The van der Waals surface area contributed by atoms with E-state index in [2.05, 4.69) is 20.4 Å². The largest absolute Gasteiger partial charge is 0.478 e. The van der Waals surface area contributed by atoms with Crippen LogP contribution in [0.2, 0.25) is 0 Å². The highest BCUT2D eigenvalue weighted by molar-refractivity contribution is 5.87. The van der Waals surface area contributed by atoms with E-state index in [9.17, 15) is 4.79 Å². The van der Waals surface area contributed by atoms with Crippen LogP contribution in [0, 0.1) is 0 Å². The summed E-state index contributed by atoms with van der Waals surface area (Å²) in [6.45, 7) is 0. The number of carbonyl (C=O) groups is 1. The Morgan fingerprint density at radius 2 is 2.10 bits per heavy atom. The van der Waals surface area contributed by atoms with Crippen molar-refractivity contribution < 1.29 is 9.90 Å². The van der Waals surface area contributed by atoms with Crippen molar-refractivity contribution in [2.75, 3.05) is 0 Å². The van der Waals surface area contributed by atoms with Crippen molar-refractivity contribution in [3.8, 4) is 17.2 Å². The maximum Gasteiger partial charge on any atom is 0.337 e. The van der Waals surface area contributed by atoms with Crippen LogP contribution in [0.5, 0.6) is 0 Å². The molecule has 0 fully saturated rings. The number of aryl methyl sites for hydroxylation is 1. The van der Waals surface area contributed by atoms with Gasteiger partial charge in [-0.25, -0.2) is 4.79 Å². The zero-order valence-electron chi connectivity index (χ0n) is 10.5. The number of aromatic carboxylic acids is 1. The van der Waals surface area contributed by atoms with E-state index in [0.29, 0.717) is 17.2 Å². The molecular formula is C12H10N6O2. The Labute approximate surface area is 113 Å². The highest BCUT2D eigenvalue weighted by atomic mass is 16.4. The van der Waals surface area contributed by atoms with Gasteiger partial charge in [-0.05, 0) is 12.1 Å². The second-order valence-corrected chi connectivity index (χ2v) is 4.13. The fourth-order valence-electron chi connectivity index (χ4n) is 1.69. The van der Waals surface area contributed by atoms with Crippen LogP contribution in [0.1, 0.15) is 10.4 Å². The molecule has 3 rings (SSSR count). The summed E-state index contributed by atoms with van der Waals surface area (Å²) in [5.41, 5.74) is 1.23. The molecule has 8 heteroatoms. The minimum atomic E-state index is -1.01. The highest BCUT2D eigenvalue weighted by Gasteiger charge is 2.09. The van der Waals surface area contributed by atoms with E-state index in [1.165, 1.54) is 16.9 Å². The molecule has 0 aliphatic heterocycles. The summed E-state index contributed by atoms with van der Waals surface area (Å²) < 4.78 is 3.19. The number of hydrogen-bond acceptors (Lipinski definition) is 5. The standard InChI is InChI=1S/C12H10N6O2/c1-17-5-4-11(15-17)18-7-10(14-16-18)9-3-2-8(6-13-9)12(19)20/h2-7H,1H3,(H,19,20). The number of aromatic nitrogens is 6. The first-order chi connectivity index (χ1) is 9.63. The summed E-state index contributed by atoms with van der Waals surface area (Å²) in [6.07, 6.45) is 4.78. The SMILES string of the molecule is Cn1ccc(-n2cc(-c3ccc(C(=O)O)cn3)nn2)n1. The number of pyridine rings is 1. The van der Waals surface area contributed by atoms with Gasteiger partial charge in [0, 0.05) is 25.5 Å². The Morgan fingerprint density at radius 3 is 2.70 bits per heavy atom. The molecule has 20 heavy (non-hydrogen) atoms. The molecule has 100 valence electrons. The van der Waals surface area contributed by atoms with Gasteiger partial charge >= 0.3 is 5.97 Å². The third-order valence-electron chi connectivity index (χ3n) is 2.70. The van der Waals surface area contributed by atoms with E-state index >= 15 is 0 Å². The predicted octanol–water partition coefficient (Wildman–Crippen LogP) is 0.761. The maximum atomic E-state index is 10.8. The average molecular weight is 270 g/mol. The number of rotatable bonds is 3. The normalized spacial score (nSPS) is 10.7. The van der Waals surface area contributed by atoms with Gasteiger partial charge in [-0.1, -0.05) is 5.21 Å². The Kier molecular flexibility index (Phi) is 2.75. The Balaban J connectivity index is 1.91. The van der Waals surface area contributed by atoms with Crippen LogP contribution in [0.15, 0.2) is 36.8 Å². The van der Waals surface area contributed by atoms with Crippen LogP contribution in [0.25, 0.3) is 17.2 Å². The molecule has 0 atom stereocenters. The lowest BCUT2D eigenvalue weighted by atomic mass is 10.2. The van der Waals surface area contributed by atoms with Crippen molar-refractivity contribution in [2.24, 2.45) is 7.05 Å². The molecule has 0 spiro atoms. The lowest BCUT2D eigenvalue weighted by Crippen LogP contribution is -1.97. The molecule has 0 amide bonds. The average Bonchev–Trinajstić information content (AvgIpc) is 3.07. The number of hydrogen-bond donors (Lipinski definition) is 1. The molecule has 0 aromatic carbocycles. The minimum absolute atomic E-state index is 0.130. The molecule has 3 aromatic rings. The summed E-state index contributed by atoms with van der Waals surface area (Å²) in [7, 11) is 1.81. The van der Waals surface area contributed by atoms with Crippen molar-refractivity contribution in [3.63, 3.8) is 0 Å². The molecule has 8 nitrogen and oxygen atoms in total. The van der Waals surface area contributed by atoms with Crippen molar-refractivity contribution in [1.82, 2.24) is 29.8 Å². The van der Waals surface area contributed by atoms with Crippen molar-refractivity contribution in [2.45, 2.75) is 0 Å². The molecule has 1 N–H and O–H groups in total. The smallest absolute Gasteiger partial charge is 0.337 e. The van der Waals surface area contributed by atoms with E-state index in [4.69, 9.17) is 5.11 Å². The molecule has 0 radical (unpaired) electrons. The van der Waals surface area contributed by atoms with Gasteiger partial charge < -0.3 is 5.11 Å². The first-order valence-corrected chi connectivity index (χ1v) is 5.75. The van der Waals surface area contributed by atoms with E-state index in [-0.39, 0.29) is 5.56 Å². The summed E-state index contributed by atoms with van der Waals surface area (Å²) in [6, 6.07) is 4.88. The van der Waals surface area contributed by atoms with Crippen LogP contribution in [-0.4, -0.2) is 40.8 Å². The monoisotopic (exact) mass is 270 g/mol. The van der Waals surface area contributed by atoms with E-state index in [1.54, 1.807) is 29.2 Å². The predicted molar refractivity (Wildman–Crippen MR) is 68.3 cm³/mol. The molecule has 3 heterocycles. The molecular weight excluding hydrogens is 260 g/mol. The minimum Gasteiger partial charge on any atom is -0.478 e. The van der Waals surface area contributed by atoms with Gasteiger partial charge in [0.15, 0.2) is 5.82 Å². The van der Waals surface area contributed by atoms with Crippen LogP contribution >= 0.6 is 0 Å². The van der Waals surface area contributed by atoms with Crippen LogP contribution in [0.3, 0.4) is 0 Å².